The molecule has 0 aromatic heterocycles. The number of hydrogen-bond donors (Lipinski definition) is 1. The Morgan fingerprint density at radius 2 is 2.25 bits per heavy atom. The first kappa shape index (κ1) is 11.0. The van der Waals surface area contributed by atoms with Crippen LogP contribution in [0.2, 0.25) is 0 Å². The monoisotopic (exact) mass is 219 g/mol. The molecule has 2 N–H and O–H groups in total. The number of rotatable bonds is 3. The van der Waals surface area contributed by atoms with E-state index in [1.165, 1.54) is 5.56 Å². The zero-order valence-electron chi connectivity index (χ0n) is 9.52. The van der Waals surface area contributed by atoms with Crippen molar-refractivity contribution < 1.29 is 4.79 Å². The minimum absolute atomic E-state index is 0.159. The highest BCUT2D eigenvalue weighted by atomic mass is 16.2. The van der Waals surface area contributed by atoms with Gasteiger partial charge in [-0.3, -0.25) is 14.8 Å². The molecule has 1 aliphatic heterocycles. The number of hydrazine groups is 1. The van der Waals surface area contributed by atoms with Crippen LogP contribution in [-0.2, 0) is 4.79 Å². The molecule has 1 fully saturated rings. The molecule has 2 rings (SSSR count). The number of amides is 1. The summed E-state index contributed by atoms with van der Waals surface area (Å²) >= 11 is 0. The number of carbonyl (C=O) groups is 1. The molecule has 0 unspecified atom stereocenters. The summed E-state index contributed by atoms with van der Waals surface area (Å²) in [5.74, 6) is 0.159. The maximum absolute atomic E-state index is 11.7. The number of hydrogen-bond acceptors (Lipinski definition) is 3. The minimum Gasteiger partial charge on any atom is -0.329 e. The van der Waals surface area contributed by atoms with E-state index in [1.54, 1.807) is 5.01 Å². The summed E-state index contributed by atoms with van der Waals surface area (Å²) in [4.78, 5) is 11.7. The Labute approximate surface area is 95.6 Å². The van der Waals surface area contributed by atoms with E-state index >= 15 is 0 Å². The van der Waals surface area contributed by atoms with Gasteiger partial charge in [0.05, 0.1) is 12.2 Å². The number of nitrogens with two attached hydrogens (primary N) is 1. The molecule has 0 bridgehead atoms. The van der Waals surface area contributed by atoms with Crippen LogP contribution in [0.15, 0.2) is 24.3 Å². The van der Waals surface area contributed by atoms with Crippen molar-refractivity contribution in [2.75, 3.05) is 24.6 Å². The Balaban J connectivity index is 2.23. The third-order valence-electron chi connectivity index (χ3n) is 2.76. The van der Waals surface area contributed by atoms with Gasteiger partial charge in [0.2, 0.25) is 5.91 Å². The largest absolute Gasteiger partial charge is 0.329 e. The normalized spacial score (nSPS) is 16.0. The van der Waals surface area contributed by atoms with Crippen molar-refractivity contribution in [3.8, 4) is 0 Å². The molecule has 0 saturated carbocycles. The quantitative estimate of drug-likeness (QED) is 0.822. The van der Waals surface area contributed by atoms with Gasteiger partial charge >= 0.3 is 0 Å². The van der Waals surface area contributed by atoms with E-state index in [4.69, 9.17) is 5.73 Å². The second kappa shape index (κ2) is 4.53. The fraction of sp³-hybridized carbons (Fsp3) is 0.417. The van der Waals surface area contributed by atoms with Crippen LogP contribution < -0.4 is 10.7 Å². The lowest BCUT2D eigenvalue weighted by Gasteiger charge is -2.29. The van der Waals surface area contributed by atoms with Crippen molar-refractivity contribution in [2.45, 2.75) is 13.3 Å². The van der Waals surface area contributed by atoms with Crippen LogP contribution in [0.3, 0.4) is 0 Å². The molecule has 16 heavy (non-hydrogen) atoms. The number of benzene rings is 1. The molecule has 0 spiro atoms. The van der Waals surface area contributed by atoms with Crippen LogP contribution in [0, 0.1) is 6.92 Å². The SMILES string of the molecule is Cc1cccc(N2CCC(=O)N2CCN)c1. The lowest BCUT2D eigenvalue weighted by molar-refractivity contribution is -0.128. The van der Waals surface area contributed by atoms with Gasteiger partial charge in [0.25, 0.3) is 0 Å². The average Bonchev–Trinajstić information content (AvgIpc) is 2.61. The van der Waals surface area contributed by atoms with Crippen molar-refractivity contribution >= 4 is 11.6 Å². The minimum atomic E-state index is 0.159. The number of aryl methyl sites for hydroxylation is 1. The molecule has 1 amide bonds. The van der Waals surface area contributed by atoms with Crippen LogP contribution in [0.5, 0.6) is 0 Å². The summed E-state index contributed by atoms with van der Waals surface area (Å²) in [6.45, 7) is 3.89. The fourth-order valence-corrected chi connectivity index (χ4v) is 2.01. The van der Waals surface area contributed by atoms with Gasteiger partial charge in [0.1, 0.15) is 0 Å². The van der Waals surface area contributed by atoms with E-state index in [1.807, 2.05) is 17.1 Å². The smallest absolute Gasteiger partial charge is 0.242 e. The summed E-state index contributed by atoms with van der Waals surface area (Å²) < 4.78 is 0. The Bertz CT molecular complexity index is 392. The van der Waals surface area contributed by atoms with Crippen LogP contribution >= 0.6 is 0 Å². The lowest BCUT2D eigenvalue weighted by Crippen LogP contribution is -2.42. The molecule has 0 radical (unpaired) electrons. The topological polar surface area (TPSA) is 49.6 Å². The standard InChI is InChI=1S/C12H17N3O/c1-10-3-2-4-11(9-10)14-7-5-12(16)15(14)8-6-13/h2-4,9H,5-8,13H2,1H3. The molecule has 0 aliphatic carbocycles. The summed E-state index contributed by atoms with van der Waals surface area (Å²) in [6.07, 6.45) is 0.577. The molecule has 1 aromatic carbocycles. The van der Waals surface area contributed by atoms with Gasteiger partial charge in [0, 0.05) is 19.5 Å². The van der Waals surface area contributed by atoms with Crippen LogP contribution in [0.25, 0.3) is 0 Å². The van der Waals surface area contributed by atoms with E-state index in [0.717, 1.165) is 12.2 Å². The van der Waals surface area contributed by atoms with Gasteiger partial charge in [-0.05, 0) is 24.6 Å². The lowest BCUT2D eigenvalue weighted by atomic mass is 10.2. The Morgan fingerprint density at radius 3 is 2.94 bits per heavy atom. The summed E-state index contributed by atoms with van der Waals surface area (Å²) in [7, 11) is 0. The highest BCUT2D eigenvalue weighted by Gasteiger charge is 2.28. The highest BCUT2D eigenvalue weighted by Crippen LogP contribution is 2.22. The summed E-state index contributed by atoms with van der Waals surface area (Å²) in [6, 6.07) is 8.17. The Hall–Kier alpha value is -1.55. The molecule has 1 aliphatic rings. The van der Waals surface area contributed by atoms with Gasteiger partial charge in [-0.2, -0.15) is 0 Å². The van der Waals surface area contributed by atoms with Gasteiger partial charge in [0.15, 0.2) is 0 Å². The van der Waals surface area contributed by atoms with Crippen molar-refractivity contribution in [3.05, 3.63) is 29.8 Å². The van der Waals surface area contributed by atoms with Crippen LogP contribution in [-0.4, -0.2) is 30.6 Å². The van der Waals surface area contributed by atoms with Gasteiger partial charge in [-0.1, -0.05) is 12.1 Å². The predicted octanol–water partition coefficient (Wildman–Crippen LogP) is 0.907. The van der Waals surface area contributed by atoms with E-state index < -0.39 is 0 Å². The molecular formula is C12H17N3O. The van der Waals surface area contributed by atoms with E-state index in [9.17, 15) is 4.79 Å². The molecular weight excluding hydrogens is 202 g/mol. The maximum atomic E-state index is 11.7. The van der Waals surface area contributed by atoms with Crippen molar-refractivity contribution in [2.24, 2.45) is 5.73 Å². The van der Waals surface area contributed by atoms with Crippen LogP contribution in [0.4, 0.5) is 5.69 Å². The number of nitrogens with zero attached hydrogens (tertiary/aromatic N) is 2. The first-order chi connectivity index (χ1) is 7.72. The third kappa shape index (κ3) is 2.02. The molecule has 86 valence electrons. The van der Waals surface area contributed by atoms with Gasteiger partial charge < -0.3 is 5.73 Å². The van der Waals surface area contributed by atoms with Crippen molar-refractivity contribution in [1.82, 2.24) is 5.01 Å². The zero-order chi connectivity index (χ0) is 11.5. The van der Waals surface area contributed by atoms with Gasteiger partial charge in [-0.15, -0.1) is 0 Å². The second-order valence-corrected chi connectivity index (χ2v) is 4.02. The average molecular weight is 219 g/mol. The fourth-order valence-electron chi connectivity index (χ4n) is 2.01. The zero-order valence-corrected chi connectivity index (χ0v) is 9.52. The first-order valence-corrected chi connectivity index (χ1v) is 5.57. The molecule has 0 atom stereocenters. The molecule has 4 nitrogen and oxygen atoms in total. The van der Waals surface area contributed by atoms with E-state index in [0.29, 0.717) is 19.5 Å². The van der Waals surface area contributed by atoms with Crippen molar-refractivity contribution in [1.29, 1.82) is 0 Å². The Kier molecular flexibility index (Phi) is 3.10. The Morgan fingerprint density at radius 1 is 1.44 bits per heavy atom. The molecule has 1 aromatic rings. The second-order valence-electron chi connectivity index (χ2n) is 4.02. The first-order valence-electron chi connectivity index (χ1n) is 5.57. The highest BCUT2D eigenvalue weighted by molar-refractivity contribution is 5.81. The summed E-state index contributed by atoms with van der Waals surface area (Å²) in [5, 5.41) is 3.76. The third-order valence-corrected chi connectivity index (χ3v) is 2.76. The molecule has 1 heterocycles. The number of anilines is 1. The van der Waals surface area contributed by atoms with Crippen molar-refractivity contribution in [3.63, 3.8) is 0 Å². The predicted molar refractivity (Wildman–Crippen MR) is 63.9 cm³/mol. The summed E-state index contributed by atoms with van der Waals surface area (Å²) in [5.41, 5.74) is 7.79. The van der Waals surface area contributed by atoms with Crippen LogP contribution in [0.1, 0.15) is 12.0 Å². The number of carbonyl (C=O) groups excluding carboxylic acids is 1. The molecule has 4 heteroatoms. The van der Waals surface area contributed by atoms with E-state index in [2.05, 4.69) is 19.1 Å². The van der Waals surface area contributed by atoms with E-state index in [-0.39, 0.29) is 5.91 Å². The van der Waals surface area contributed by atoms with Gasteiger partial charge in [-0.25, -0.2) is 0 Å². The maximum Gasteiger partial charge on any atom is 0.242 e. The molecule has 1 saturated heterocycles.